The van der Waals surface area contributed by atoms with E-state index < -0.39 is 17.7 Å². The maximum Gasteiger partial charge on any atom is 0.300 e. The van der Waals surface area contributed by atoms with Gasteiger partial charge in [-0.05, 0) is 78.6 Å². The number of ketones is 1. The molecule has 1 atom stereocenters. The van der Waals surface area contributed by atoms with Crippen molar-refractivity contribution in [2.45, 2.75) is 26.3 Å². The van der Waals surface area contributed by atoms with E-state index in [1.807, 2.05) is 38.1 Å². The molecule has 2 aliphatic heterocycles. The van der Waals surface area contributed by atoms with Gasteiger partial charge in [0.05, 0.1) is 18.2 Å². The van der Waals surface area contributed by atoms with Crippen LogP contribution in [0.15, 0.2) is 66.5 Å². The zero-order valence-corrected chi connectivity index (χ0v) is 17.8. The summed E-state index contributed by atoms with van der Waals surface area (Å²) in [6.07, 6.45) is 3.97. The Labute approximate surface area is 185 Å². The van der Waals surface area contributed by atoms with Crippen molar-refractivity contribution >= 4 is 23.1 Å². The van der Waals surface area contributed by atoms with Crippen molar-refractivity contribution in [2.75, 3.05) is 11.5 Å². The molecule has 1 N–H and O–H groups in total. The summed E-state index contributed by atoms with van der Waals surface area (Å²) < 4.78 is 5.55. The molecule has 3 heterocycles. The van der Waals surface area contributed by atoms with Gasteiger partial charge in [-0.3, -0.25) is 19.5 Å². The van der Waals surface area contributed by atoms with Crippen LogP contribution in [0.25, 0.3) is 5.76 Å². The molecule has 1 amide bonds. The zero-order valence-electron chi connectivity index (χ0n) is 17.8. The van der Waals surface area contributed by atoms with E-state index in [9.17, 15) is 14.7 Å². The van der Waals surface area contributed by atoms with Crippen molar-refractivity contribution in [3.63, 3.8) is 0 Å². The summed E-state index contributed by atoms with van der Waals surface area (Å²) in [5.41, 5.74) is 4.81. The van der Waals surface area contributed by atoms with Crippen LogP contribution in [0.4, 0.5) is 5.69 Å². The van der Waals surface area contributed by atoms with E-state index in [2.05, 4.69) is 4.98 Å². The number of carbonyl (C=O) groups is 2. The van der Waals surface area contributed by atoms with Crippen LogP contribution < -0.4 is 9.64 Å². The van der Waals surface area contributed by atoms with Crippen LogP contribution in [0, 0.1) is 13.8 Å². The topological polar surface area (TPSA) is 79.7 Å². The Morgan fingerprint density at radius 2 is 1.75 bits per heavy atom. The zero-order chi connectivity index (χ0) is 22.4. The van der Waals surface area contributed by atoms with E-state index >= 15 is 0 Å². The molecule has 6 nitrogen and oxygen atoms in total. The van der Waals surface area contributed by atoms with Crippen molar-refractivity contribution in [2.24, 2.45) is 0 Å². The number of hydrogen-bond acceptors (Lipinski definition) is 5. The summed E-state index contributed by atoms with van der Waals surface area (Å²) in [7, 11) is 0. The molecule has 0 aliphatic carbocycles. The highest BCUT2D eigenvalue weighted by Crippen LogP contribution is 2.43. The number of benzene rings is 2. The lowest BCUT2D eigenvalue weighted by molar-refractivity contribution is -0.132. The number of ether oxygens (including phenoxy) is 1. The number of amides is 1. The monoisotopic (exact) mass is 426 g/mol. The van der Waals surface area contributed by atoms with E-state index in [0.29, 0.717) is 23.4 Å². The van der Waals surface area contributed by atoms with Crippen LogP contribution in [-0.2, 0) is 16.0 Å². The van der Waals surface area contributed by atoms with Crippen LogP contribution >= 0.6 is 0 Å². The Bertz CT molecular complexity index is 1260. The van der Waals surface area contributed by atoms with Gasteiger partial charge in [0.25, 0.3) is 11.7 Å². The fraction of sp³-hybridized carbons (Fsp3) is 0.192. The molecular weight excluding hydrogens is 404 g/mol. The molecule has 1 saturated heterocycles. The van der Waals surface area contributed by atoms with Gasteiger partial charge in [0.15, 0.2) is 0 Å². The molecule has 1 fully saturated rings. The van der Waals surface area contributed by atoms with E-state index in [0.717, 1.165) is 28.9 Å². The first-order valence-electron chi connectivity index (χ1n) is 10.5. The van der Waals surface area contributed by atoms with Gasteiger partial charge in [0.2, 0.25) is 0 Å². The number of aliphatic hydroxyl groups excluding tert-OH is 1. The van der Waals surface area contributed by atoms with E-state index in [1.54, 1.807) is 36.7 Å². The molecule has 160 valence electrons. The highest BCUT2D eigenvalue weighted by Gasteiger charge is 2.47. The molecule has 1 aromatic heterocycles. The second-order valence-corrected chi connectivity index (χ2v) is 8.22. The predicted molar refractivity (Wildman–Crippen MR) is 121 cm³/mol. The number of rotatable bonds is 3. The minimum absolute atomic E-state index is 0.0687. The van der Waals surface area contributed by atoms with Crippen molar-refractivity contribution in [1.82, 2.24) is 4.98 Å². The second kappa shape index (κ2) is 7.64. The first-order valence-corrected chi connectivity index (χ1v) is 10.5. The Hall–Kier alpha value is -3.93. The highest BCUT2D eigenvalue weighted by molar-refractivity contribution is 6.51. The molecule has 5 rings (SSSR count). The summed E-state index contributed by atoms with van der Waals surface area (Å²) in [5.74, 6) is -0.780. The predicted octanol–water partition coefficient (Wildman–Crippen LogP) is 4.26. The summed E-state index contributed by atoms with van der Waals surface area (Å²) in [5, 5.41) is 11.3. The third-order valence-electron chi connectivity index (χ3n) is 5.91. The van der Waals surface area contributed by atoms with Gasteiger partial charge in [0.1, 0.15) is 11.5 Å². The number of nitrogens with zero attached hydrogens (tertiary/aromatic N) is 2. The number of aryl methyl sites for hydroxylation is 2. The fourth-order valence-electron chi connectivity index (χ4n) is 4.54. The minimum atomic E-state index is -0.760. The normalized spacial score (nSPS) is 19.2. The van der Waals surface area contributed by atoms with Crippen LogP contribution in [0.5, 0.6) is 5.75 Å². The maximum absolute atomic E-state index is 13.2. The molecule has 6 heteroatoms. The molecule has 3 aromatic rings. The smallest absolute Gasteiger partial charge is 0.300 e. The SMILES string of the molecule is Cc1cc(C)cc(N2C(=O)C(=O)/C(=C(\O)c3ccc4c(c3)CCO4)C2c2ccncc2)c1. The van der Waals surface area contributed by atoms with Gasteiger partial charge < -0.3 is 9.84 Å². The number of Topliss-reactive ketones (excluding diaryl/α,β-unsaturated/α-hetero) is 1. The third-order valence-corrected chi connectivity index (χ3v) is 5.91. The van der Waals surface area contributed by atoms with Gasteiger partial charge in [-0.15, -0.1) is 0 Å². The van der Waals surface area contributed by atoms with E-state index in [4.69, 9.17) is 4.74 Å². The number of pyridine rings is 1. The first kappa shape index (κ1) is 20.0. The summed E-state index contributed by atoms with van der Waals surface area (Å²) in [6, 6.07) is 13.8. The third kappa shape index (κ3) is 3.24. The number of fused-ring (bicyclic) bond motifs is 1. The number of carbonyl (C=O) groups excluding carboxylic acids is 2. The molecule has 0 spiro atoms. The summed E-state index contributed by atoms with van der Waals surface area (Å²) in [6.45, 7) is 4.48. The Kier molecular flexibility index (Phi) is 4.78. The average Bonchev–Trinajstić information content (AvgIpc) is 3.35. The first-order chi connectivity index (χ1) is 15.4. The Morgan fingerprint density at radius 1 is 1.03 bits per heavy atom. The molecule has 0 bridgehead atoms. The lowest BCUT2D eigenvalue weighted by Crippen LogP contribution is -2.29. The van der Waals surface area contributed by atoms with Crippen molar-refractivity contribution in [1.29, 1.82) is 0 Å². The lowest BCUT2D eigenvalue weighted by Gasteiger charge is -2.26. The number of hydrogen-bond donors (Lipinski definition) is 1. The van der Waals surface area contributed by atoms with Crippen LogP contribution in [0.3, 0.4) is 0 Å². The van der Waals surface area contributed by atoms with E-state index in [-0.39, 0.29) is 11.3 Å². The molecule has 2 aliphatic rings. The standard InChI is InChI=1S/C26H22N2O4/c1-15-11-16(2)13-20(12-15)28-23(17-5-8-27-9-6-17)22(25(30)26(28)31)24(29)19-3-4-21-18(14-19)7-10-32-21/h3-6,8-9,11-14,23,29H,7,10H2,1-2H3/b24-22-. The molecule has 1 unspecified atom stereocenters. The van der Waals surface area contributed by atoms with Crippen molar-refractivity contribution in [3.05, 3.63) is 94.3 Å². The van der Waals surface area contributed by atoms with Crippen molar-refractivity contribution in [3.8, 4) is 5.75 Å². The molecule has 32 heavy (non-hydrogen) atoms. The van der Waals surface area contributed by atoms with Gasteiger partial charge in [-0.1, -0.05) is 6.07 Å². The maximum atomic E-state index is 13.2. The average molecular weight is 426 g/mol. The summed E-state index contributed by atoms with van der Waals surface area (Å²) in [4.78, 5) is 32.0. The molecule has 0 saturated carbocycles. The van der Waals surface area contributed by atoms with E-state index in [1.165, 1.54) is 4.90 Å². The van der Waals surface area contributed by atoms with Crippen LogP contribution in [0.2, 0.25) is 0 Å². The van der Waals surface area contributed by atoms with Crippen LogP contribution in [-0.4, -0.2) is 28.4 Å². The Balaban J connectivity index is 1.71. The van der Waals surface area contributed by atoms with Crippen LogP contribution in [0.1, 0.15) is 33.9 Å². The fourth-order valence-corrected chi connectivity index (χ4v) is 4.54. The largest absolute Gasteiger partial charge is 0.507 e. The van der Waals surface area contributed by atoms with Gasteiger partial charge >= 0.3 is 0 Å². The second-order valence-electron chi connectivity index (χ2n) is 8.22. The summed E-state index contributed by atoms with van der Waals surface area (Å²) >= 11 is 0. The van der Waals surface area contributed by atoms with Gasteiger partial charge in [0, 0.05) is 30.1 Å². The molecule has 0 radical (unpaired) electrons. The van der Waals surface area contributed by atoms with Crippen molar-refractivity contribution < 1.29 is 19.4 Å². The van der Waals surface area contributed by atoms with Gasteiger partial charge in [-0.25, -0.2) is 0 Å². The van der Waals surface area contributed by atoms with Gasteiger partial charge in [-0.2, -0.15) is 0 Å². The number of anilines is 1. The Morgan fingerprint density at radius 3 is 2.47 bits per heavy atom. The number of aromatic nitrogens is 1. The lowest BCUT2D eigenvalue weighted by atomic mass is 9.95. The molecule has 2 aromatic carbocycles. The minimum Gasteiger partial charge on any atom is -0.507 e. The number of aliphatic hydroxyl groups is 1. The highest BCUT2D eigenvalue weighted by atomic mass is 16.5. The molecular formula is C26H22N2O4. The quantitative estimate of drug-likeness (QED) is 0.385.